The first kappa shape index (κ1) is 12.5. The first-order chi connectivity index (χ1) is 7.26. The maximum absolute atomic E-state index is 8.85. The fraction of sp³-hybridized carbons (Fsp3) is 0.917. The molecule has 1 saturated carbocycles. The van der Waals surface area contributed by atoms with Crippen molar-refractivity contribution < 1.29 is 4.74 Å². The molecule has 0 amide bonds. The van der Waals surface area contributed by atoms with Crippen LogP contribution in [-0.2, 0) is 4.74 Å². The SMILES string of the molecule is CCNC(C#N)COC1CCCC(C)C1. The molecule has 0 radical (unpaired) electrons. The third kappa shape index (κ3) is 4.63. The van der Waals surface area contributed by atoms with E-state index in [0.717, 1.165) is 25.3 Å². The highest BCUT2D eigenvalue weighted by Crippen LogP contribution is 2.25. The van der Waals surface area contributed by atoms with Gasteiger partial charge in [0.25, 0.3) is 0 Å². The molecule has 1 rings (SSSR count). The number of ether oxygens (including phenoxy) is 1. The van der Waals surface area contributed by atoms with Crippen molar-refractivity contribution >= 4 is 0 Å². The van der Waals surface area contributed by atoms with Gasteiger partial charge in [-0.15, -0.1) is 0 Å². The Morgan fingerprint density at radius 3 is 2.93 bits per heavy atom. The number of rotatable bonds is 5. The lowest BCUT2D eigenvalue weighted by Crippen LogP contribution is -2.34. The van der Waals surface area contributed by atoms with Crippen LogP contribution in [0.25, 0.3) is 0 Å². The van der Waals surface area contributed by atoms with Gasteiger partial charge < -0.3 is 10.1 Å². The van der Waals surface area contributed by atoms with Crippen LogP contribution in [-0.4, -0.2) is 25.3 Å². The van der Waals surface area contributed by atoms with Crippen LogP contribution < -0.4 is 5.32 Å². The summed E-state index contributed by atoms with van der Waals surface area (Å²) >= 11 is 0. The van der Waals surface area contributed by atoms with E-state index in [9.17, 15) is 0 Å². The van der Waals surface area contributed by atoms with E-state index in [1.807, 2.05) is 6.92 Å². The molecule has 3 unspecified atom stereocenters. The minimum atomic E-state index is -0.146. The van der Waals surface area contributed by atoms with Crippen LogP contribution in [0.15, 0.2) is 0 Å². The van der Waals surface area contributed by atoms with E-state index >= 15 is 0 Å². The van der Waals surface area contributed by atoms with Crippen LogP contribution in [0, 0.1) is 17.2 Å². The molecular weight excluding hydrogens is 188 g/mol. The Morgan fingerprint density at radius 1 is 1.53 bits per heavy atom. The van der Waals surface area contributed by atoms with E-state index in [0.29, 0.717) is 12.7 Å². The van der Waals surface area contributed by atoms with Gasteiger partial charge in [0.2, 0.25) is 0 Å². The van der Waals surface area contributed by atoms with E-state index in [1.54, 1.807) is 0 Å². The molecule has 3 heteroatoms. The third-order valence-corrected chi connectivity index (χ3v) is 2.99. The summed E-state index contributed by atoms with van der Waals surface area (Å²) in [6.07, 6.45) is 5.29. The van der Waals surface area contributed by atoms with Gasteiger partial charge in [0, 0.05) is 0 Å². The Labute approximate surface area is 92.8 Å². The summed E-state index contributed by atoms with van der Waals surface area (Å²) in [6.45, 7) is 5.64. The van der Waals surface area contributed by atoms with Crippen LogP contribution in [0.3, 0.4) is 0 Å². The van der Waals surface area contributed by atoms with Crippen LogP contribution in [0.5, 0.6) is 0 Å². The molecule has 1 aliphatic rings. The van der Waals surface area contributed by atoms with E-state index in [4.69, 9.17) is 10.00 Å². The molecule has 3 atom stereocenters. The quantitative estimate of drug-likeness (QED) is 0.755. The van der Waals surface area contributed by atoms with Gasteiger partial charge in [-0.25, -0.2) is 0 Å². The molecule has 0 aromatic rings. The summed E-state index contributed by atoms with van der Waals surface area (Å²) < 4.78 is 5.77. The number of hydrogen-bond donors (Lipinski definition) is 1. The van der Waals surface area contributed by atoms with Gasteiger partial charge >= 0.3 is 0 Å². The van der Waals surface area contributed by atoms with Crippen molar-refractivity contribution in [2.24, 2.45) is 5.92 Å². The Kier molecular flexibility index (Phi) is 5.67. The summed E-state index contributed by atoms with van der Waals surface area (Å²) in [6, 6.07) is 2.07. The lowest BCUT2D eigenvalue weighted by atomic mass is 9.89. The molecule has 1 aliphatic carbocycles. The average molecular weight is 210 g/mol. The fourth-order valence-electron chi connectivity index (χ4n) is 2.15. The molecule has 0 spiro atoms. The second-order valence-corrected chi connectivity index (χ2v) is 4.47. The van der Waals surface area contributed by atoms with Crippen molar-refractivity contribution in [1.82, 2.24) is 5.32 Å². The van der Waals surface area contributed by atoms with Gasteiger partial charge in [-0.1, -0.05) is 26.7 Å². The standard InChI is InChI=1S/C12H22N2O/c1-3-14-11(8-13)9-15-12-6-4-5-10(2)7-12/h10-12,14H,3-7,9H2,1-2H3. The molecule has 1 fully saturated rings. The molecule has 3 nitrogen and oxygen atoms in total. The zero-order chi connectivity index (χ0) is 11.1. The van der Waals surface area contributed by atoms with Crippen molar-refractivity contribution in [1.29, 1.82) is 5.26 Å². The van der Waals surface area contributed by atoms with Gasteiger partial charge in [-0.3, -0.25) is 0 Å². The lowest BCUT2D eigenvalue weighted by Gasteiger charge is -2.27. The van der Waals surface area contributed by atoms with Crippen LogP contribution in [0.2, 0.25) is 0 Å². The molecule has 86 valence electrons. The first-order valence-electron chi connectivity index (χ1n) is 6.00. The van der Waals surface area contributed by atoms with Crippen molar-refractivity contribution in [3.8, 4) is 6.07 Å². The van der Waals surface area contributed by atoms with Gasteiger partial charge in [0.15, 0.2) is 0 Å². The number of likely N-dealkylation sites (N-methyl/N-ethyl adjacent to an activating group) is 1. The zero-order valence-electron chi connectivity index (χ0n) is 9.83. The third-order valence-electron chi connectivity index (χ3n) is 2.99. The largest absolute Gasteiger partial charge is 0.375 e. The van der Waals surface area contributed by atoms with Gasteiger partial charge in [0.1, 0.15) is 6.04 Å². The Hall–Kier alpha value is -0.590. The summed E-state index contributed by atoms with van der Waals surface area (Å²) in [5.41, 5.74) is 0. The minimum absolute atomic E-state index is 0.146. The summed E-state index contributed by atoms with van der Waals surface area (Å²) in [5, 5.41) is 11.9. The number of nitriles is 1. The maximum Gasteiger partial charge on any atom is 0.119 e. The lowest BCUT2D eigenvalue weighted by molar-refractivity contribution is 0.0106. The number of hydrogen-bond acceptors (Lipinski definition) is 3. The molecule has 15 heavy (non-hydrogen) atoms. The molecular formula is C12H22N2O. The highest BCUT2D eigenvalue weighted by atomic mass is 16.5. The van der Waals surface area contributed by atoms with Crippen LogP contribution in [0.1, 0.15) is 39.5 Å². The van der Waals surface area contributed by atoms with E-state index in [-0.39, 0.29) is 6.04 Å². The molecule has 0 aliphatic heterocycles. The molecule has 0 aromatic carbocycles. The summed E-state index contributed by atoms with van der Waals surface area (Å²) in [7, 11) is 0. The van der Waals surface area contributed by atoms with Gasteiger partial charge in [0.05, 0.1) is 18.8 Å². The molecule has 0 saturated heterocycles. The van der Waals surface area contributed by atoms with Crippen LogP contribution in [0.4, 0.5) is 0 Å². The highest BCUT2D eigenvalue weighted by molar-refractivity contribution is 4.89. The topological polar surface area (TPSA) is 45.0 Å². The zero-order valence-corrected chi connectivity index (χ0v) is 9.83. The smallest absolute Gasteiger partial charge is 0.119 e. The van der Waals surface area contributed by atoms with Crippen LogP contribution >= 0.6 is 0 Å². The van der Waals surface area contributed by atoms with Crippen molar-refractivity contribution in [2.75, 3.05) is 13.2 Å². The summed E-state index contributed by atoms with van der Waals surface area (Å²) in [4.78, 5) is 0. The Balaban J connectivity index is 2.20. The second kappa shape index (κ2) is 6.81. The normalized spacial score (nSPS) is 28.3. The monoisotopic (exact) mass is 210 g/mol. The first-order valence-corrected chi connectivity index (χ1v) is 6.00. The fourth-order valence-corrected chi connectivity index (χ4v) is 2.15. The maximum atomic E-state index is 8.85. The minimum Gasteiger partial charge on any atom is -0.375 e. The molecule has 1 N–H and O–H groups in total. The predicted molar refractivity (Wildman–Crippen MR) is 60.4 cm³/mol. The Bertz CT molecular complexity index is 212. The number of nitrogens with one attached hydrogen (secondary N) is 1. The van der Waals surface area contributed by atoms with Gasteiger partial charge in [-0.2, -0.15) is 5.26 Å². The second-order valence-electron chi connectivity index (χ2n) is 4.47. The van der Waals surface area contributed by atoms with E-state index < -0.39 is 0 Å². The summed E-state index contributed by atoms with van der Waals surface area (Å²) in [5.74, 6) is 0.781. The van der Waals surface area contributed by atoms with E-state index in [2.05, 4.69) is 18.3 Å². The van der Waals surface area contributed by atoms with Gasteiger partial charge in [-0.05, 0) is 25.3 Å². The number of nitrogens with zero attached hydrogens (tertiary/aromatic N) is 1. The predicted octanol–water partition coefficient (Wildman–Crippen LogP) is 2.08. The van der Waals surface area contributed by atoms with Crippen molar-refractivity contribution in [3.05, 3.63) is 0 Å². The average Bonchev–Trinajstić information content (AvgIpc) is 2.24. The Morgan fingerprint density at radius 2 is 2.33 bits per heavy atom. The van der Waals surface area contributed by atoms with E-state index in [1.165, 1.54) is 12.8 Å². The van der Waals surface area contributed by atoms with Crippen molar-refractivity contribution in [2.45, 2.75) is 51.7 Å². The molecule has 0 heterocycles. The molecule has 0 aromatic heterocycles. The molecule has 0 bridgehead atoms. The van der Waals surface area contributed by atoms with Crippen molar-refractivity contribution in [3.63, 3.8) is 0 Å². The highest BCUT2D eigenvalue weighted by Gasteiger charge is 2.20.